The normalized spacial score (nSPS) is 12.3. The number of benzene rings is 1. The van der Waals surface area contributed by atoms with Gasteiger partial charge in [0.2, 0.25) is 0 Å². The first kappa shape index (κ1) is 11.8. The minimum absolute atomic E-state index is 0.556. The van der Waals surface area contributed by atoms with Gasteiger partial charge in [-0.25, -0.2) is 0 Å². The number of likely N-dealkylation sites (N-methyl/N-ethyl adjacent to an activating group) is 1. The lowest BCUT2D eigenvalue weighted by molar-refractivity contribution is -0.137. The summed E-state index contributed by atoms with van der Waals surface area (Å²) in [6.07, 6.45) is -0.839. The molecule has 1 aromatic rings. The van der Waals surface area contributed by atoms with Crippen molar-refractivity contribution in [1.82, 2.24) is 5.32 Å². The van der Waals surface area contributed by atoms with Crippen molar-refractivity contribution in [2.45, 2.75) is 6.18 Å². The number of alkyl halides is 3. The van der Waals surface area contributed by atoms with E-state index in [0.717, 1.165) is 12.1 Å². The molecule has 0 saturated heterocycles. The fourth-order valence-corrected chi connectivity index (χ4v) is 1.13. The molecule has 0 saturated carbocycles. The maximum Gasteiger partial charge on any atom is 0.416 e. The molecule has 1 aromatic carbocycles. The van der Waals surface area contributed by atoms with Crippen molar-refractivity contribution in [3.63, 3.8) is 0 Å². The van der Waals surface area contributed by atoms with Gasteiger partial charge in [-0.3, -0.25) is 0 Å². The highest BCUT2D eigenvalue weighted by atomic mass is 19.4. The maximum atomic E-state index is 12.3. The number of hydrogen-bond acceptors (Lipinski definition) is 1. The van der Waals surface area contributed by atoms with E-state index in [-0.39, 0.29) is 0 Å². The van der Waals surface area contributed by atoms with Crippen LogP contribution in [0.3, 0.4) is 0 Å². The van der Waals surface area contributed by atoms with Crippen LogP contribution in [-0.4, -0.2) is 13.6 Å². The van der Waals surface area contributed by atoms with E-state index in [9.17, 15) is 13.2 Å². The third-order valence-electron chi connectivity index (χ3n) is 1.85. The summed E-state index contributed by atoms with van der Waals surface area (Å²) in [4.78, 5) is 0. The zero-order chi connectivity index (χ0) is 11.3. The molecule has 0 aliphatic carbocycles. The number of rotatable bonds is 3. The Morgan fingerprint density at radius 2 is 2.07 bits per heavy atom. The van der Waals surface area contributed by atoms with Gasteiger partial charge >= 0.3 is 6.18 Å². The summed E-state index contributed by atoms with van der Waals surface area (Å²) in [5, 5.41) is 2.87. The second kappa shape index (κ2) is 4.98. The van der Waals surface area contributed by atoms with Gasteiger partial charge in [0.05, 0.1) is 5.56 Å². The second-order valence-corrected chi connectivity index (χ2v) is 3.08. The predicted molar refractivity (Wildman–Crippen MR) is 54.4 cm³/mol. The van der Waals surface area contributed by atoms with Crippen molar-refractivity contribution in [3.05, 3.63) is 41.5 Å². The fourth-order valence-electron chi connectivity index (χ4n) is 1.13. The van der Waals surface area contributed by atoms with Crippen LogP contribution in [0.2, 0.25) is 0 Å². The summed E-state index contributed by atoms with van der Waals surface area (Å²) in [6.45, 7) is 0.635. The lowest BCUT2D eigenvalue weighted by Gasteiger charge is -2.06. The molecule has 0 unspecified atom stereocenters. The van der Waals surface area contributed by atoms with Gasteiger partial charge in [-0.15, -0.1) is 0 Å². The average molecular weight is 215 g/mol. The summed E-state index contributed by atoms with van der Waals surface area (Å²) in [5.41, 5.74) is -0.0609. The molecular formula is C11H12F3N. The van der Waals surface area contributed by atoms with Crippen molar-refractivity contribution in [3.8, 4) is 0 Å². The molecule has 0 atom stereocenters. The van der Waals surface area contributed by atoms with Crippen LogP contribution in [0.1, 0.15) is 11.1 Å². The van der Waals surface area contributed by atoms with Gasteiger partial charge in [-0.2, -0.15) is 13.2 Å². The molecule has 0 aliphatic heterocycles. The smallest absolute Gasteiger partial charge is 0.316 e. The zero-order valence-electron chi connectivity index (χ0n) is 8.31. The van der Waals surface area contributed by atoms with Crippen LogP contribution < -0.4 is 5.32 Å². The molecule has 0 spiro atoms. The van der Waals surface area contributed by atoms with Crippen molar-refractivity contribution >= 4 is 6.08 Å². The first-order valence-corrected chi connectivity index (χ1v) is 4.52. The SMILES string of the molecule is CNCC=Cc1cccc(C(F)(F)F)c1. The molecule has 0 radical (unpaired) electrons. The molecular weight excluding hydrogens is 203 g/mol. The van der Waals surface area contributed by atoms with Gasteiger partial charge in [0, 0.05) is 6.54 Å². The first-order valence-electron chi connectivity index (χ1n) is 4.52. The number of halogens is 3. The molecule has 4 heteroatoms. The minimum atomic E-state index is -4.27. The monoisotopic (exact) mass is 215 g/mol. The molecule has 0 fully saturated rings. The van der Waals surface area contributed by atoms with E-state index >= 15 is 0 Å². The fraction of sp³-hybridized carbons (Fsp3) is 0.273. The molecule has 0 amide bonds. The predicted octanol–water partition coefficient (Wildman–Crippen LogP) is 2.94. The summed E-state index contributed by atoms with van der Waals surface area (Å²) < 4.78 is 37.0. The molecule has 0 heterocycles. The van der Waals surface area contributed by atoms with Crippen LogP contribution >= 0.6 is 0 Å². The van der Waals surface area contributed by atoms with Gasteiger partial charge in [-0.1, -0.05) is 24.3 Å². The third kappa shape index (κ3) is 3.75. The minimum Gasteiger partial charge on any atom is -0.316 e. The highest BCUT2D eigenvalue weighted by Gasteiger charge is 2.30. The molecule has 1 nitrogen and oxygen atoms in total. The van der Waals surface area contributed by atoms with Crippen LogP contribution in [0.25, 0.3) is 6.08 Å². The van der Waals surface area contributed by atoms with E-state index in [1.165, 1.54) is 6.07 Å². The molecule has 0 aromatic heterocycles. The maximum absolute atomic E-state index is 12.3. The zero-order valence-corrected chi connectivity index (χ0v) is 8.31. The topological polar surface area (TPSA) is 12.0 Å². The molecule has 0 bridgehead atoms. The van der Waals surface area contributed by atoms with E-state index in [4.69, 9.17) is 0 Å². The van der Waals surface area contributed by atoms with E-state index in [1.807, 2.05) is 0 Å². The third-order valence-corrected chi connectivity index (χ3v) is 1.85. The van der Waals surface area contributed by atoms with Gasteiger partial charge in [0.25, 0.3) is 0 Å². The summed E-state index contributed by atoms with van der Waals surface area (Å²) in [7, 11) is 1.77. The Hall–Kier alpha value is -1.29. The molecule has 1 N–H and O–H groups in total. The molecule has 15 heavy (non-hydrogen) atoms. The number of hydrogen-bond donors (Lipinski definition) is 1. The Balaban J connectivity index is 2.84. The largest absolute Gasteiger partial charge is 0.416 e. The Morgan fingerprint density at radius 3 is 2.67 bits per heavy atom. The van der Waals surface area contributed by atoms with Crippen LogP contribution in [0.5, 0.6) is 0 Å². The van der Waals surface area contributed by atoms with Gasteiger partial charge < -0.3 is 5.32 Å². The van der Waals surface area contributed by atoms with E-state index in [2.05, 4.69) is 5.32 Å². The summed E-state index contributed by atoms with van der Waals surface area (Å²) >= 11 is 0. The Morgan fingerprint density at radius 1 is 1.33 bits per heavy atom. The Bertz CT molecular complexity index is 342. The van der Waals surface area contributed by atoms with E-state index < -0.39 is 11.7 Å². The molecule has 82 valence electrons. The Kier molecular flexibility index (Phi) is 3.91. The lowest BCUT2D eigenvalue weighted by Crippen LogP contribution is -2.05. The average Bonchev–Trinajstić information content (AvgIpc) is 2.17. The van der Waals surface area contributed by atoms with E-state index in [1.54, 1.807) is 25.3 Å². The van der Waals surface area contributed by atoms with Crippen LogP contribution in [0.4, 0.5) is 13.2 Å². The Labute approximate surface area is 86.6 Å². The van der Waals surface area contributed by atoms with Crippen molar-refractivity contribution in [1.29, 1.82) is 0 Å². The van der Waals surface area contributed by atoms with Crippen LogP contribution in [0, 0.1) is 0 Å². The van der Waals surface area contributed by atoms with Gasteiger partial charge in [0.1, 0.15) is 0 Å². The summed E-state index contributed by atoms with van der Waals surface area (Å²) in [6, 6.07) is 5.24. The van der Waals surface area contributed by atoms with Gasteiger partial charge in [0.15, 0.2) is 0 Å². The quantitative estimate of drug-likeness (QED) is 0.817. The molecule has 0 aliphatic rings. The first-order chi connectivity index (χ1) is 7.04. The highest BCUT2D eigenvalue weighted by Crippen LogP contribution is 2.29. The van der Waals surface area contributed by atoms with Crippen molar-refractivity contribution in [2.24, 2.45) is 0 Å². The standard InChI is InChI=1S/C11H12F3N/c1-15-7-3-5-9-4-2-6-10(8-9)11(12,13)14/h2-6,8,15H,7H2,1H3. The van der Waals surface area contributed by atoms with Crippen LogP contribution in [0.15, 0.2) is 30.3 Å². The summed E-state index contributed by atoms with van der Waals surface area (Å²) in [5.74, 6) is 0. The van der Waals surface area contributed by atoms with E-state index in [0.29, 0.717) is 12.1 Å². The highest BCUT2D eigenvalue weighted by molar-refractivity contribution is 5.50. The van der Waals surface area contributed by atoms with Crippen molar-refractivity contribution in [2.75, 3.05) is 13.6 Å². The van der Waals surface area contributed by atoms with Gasteiger partial charge in [-0.05, 0) is 24.7 Å². The lowest BCUT2D eigenvalue weighted by atomic mass is 10.1. The number of nitrogens with one attached hydrogen (secondary N) is 1. The second-order valence-electron chi connectivity index (χ2n) is 3.08. The van der Waals surface area contributed by atoms with Crippen molar-refractivity contribution < 1.29 is 13.2 Å². The van der Waals surface area contributed by atoms with Crippen LogP contribution in [-0.2, 0) is 6.18 Å². The molecule has 1 rings (SSSR count).